The van der Waals surface area contributed by atoms with Crippen LogP contribution in [-0.4, -0.2) is 12.6 Å². The molecule has 0 amide bonds. The van der Waals surface area contributed by atoms with Crippen molar-refractivity contribution in [3.05, 3.63) is 59.7 Å². The van der Waals surface area contributed by atoms with Gasteiger partial charge in [0.05, 0.1) is 18.9 Å². The third kappa shape index (κ3) is 2.57. The second kappa shape index (κ2) is 5.49. The summed E-state index contributed by atoms with van der Waals surface area (Å²) in [5, 5.41) is 13.2. The maximum atomic E-state index is 9.74. The zero-order chi connectivity index (χ0) is 14.7. The van der Waals surface area contributed by atoms with E-state index in [1.807, 2.05) is 30.3 Å². The van der Waals surface area contributed by atoms with Crippen molar-refractivity contribution in [1.29, 1.82) is 5.26 Å². The Morgan fingerprint density at radius 3 is 2.57 bits per heavy atom. The van der Waals surface area contributed by atoms with Crippen molar-refractivity contribution in [2.24, 2.45) is 0 Å². The van der Waals surface area contributed by atoms with Gasteiger partial charge in [0.1, 0.15) is 11.3 Å². The predicted molar refractivity (Wildman–Crippen MR) is 83.4 cm³/mol. The molecule has 2 aromatic carbocycles. The zero-order valence-corrected chi connectivity index (χ0v) is 12.1. The van der Waals surface area contributed by atoms with E-state index in [2.05, 4.69) is 29.6 Å². The van der Waals surface area contributed by atoms with E-state index in [4.69, 9.17) is 4.74 Å². The average molecular weight is 278 g/mol. The van der Waals surface area contributed by atoms with Gasteiger partial charge in [-0.2, -0.15) is 5.26 Å². The van der Waals surface area contributed by atoms with Crippen LogP contribution < -0.4 is 10.1 Å². The van der Waals surface area contributed by atoms with Gasteiger partial charge in [0.25, 0.3) is 0 Å². The fourth-order valence-corrected chi connectivity index (χ4v) is 2.97. The number of rotatable bonds is 3. The van der Waals surface area contributed by atoms with Crippen molar-refractivity contribution < 1.29 is 4.74 Å². The minimum Gasteiger partial charge on any atom is -0.495 e. The molecule has 1 aliphatic carbocycles. The number of nitriles is 1. The molecule has 0 saturated heterocycles. The Morgan fingerprint density at radius 1 is 1.10 bits per heavy atom. The van der Waals surface area contributed by atoms with Crippen LogP contribution in [0.25, 0.3) is 0 Å². The third-order valence-corrected chi connectivity index (χ3v) is 4.13. The Kier molecular flexibility index (Phi) is 3.53. The minimum absolute atomic E-state index is 0.566. The van der Waals surface area contributed by atoms with Gasteiger partial charge in [-0.1, -0.05) is 36.4 Å². The van der Waals surface area contributed by atoms with Crippen molar-refractivity contribution >= 4 is 5.69 Å². The van der Waals surface area contributed by atoms with Crippen molar-refractivity contribution in [3.63, 3.8) is 0 Å². The van der Waals surface area contributed by atoms with Crippen LogP contribution in [0.1, 0.15) is 17.5 Å². The lowest BCUT2D eigenvalue weighted by atomic mass is 9.78. The number of fused-ring (bicyclic) bond motifs is 1. The van der Waals surface area contributed by atoms with Crippen molar-refractivity contribution in [2.45, 2.75) is 24.8 Å². The van der Waals surface area contributed by atoms with E-state index < -0.39 is 5.54 Å². The number of nitrogens with zero attached hydrogens (tertiary/aromatic N) is 1. The van der Waals surface area contributed by atoms with E-state index in [0.29, 0.717) is 0 Å². The number of hydrogen-bond acceptors (Lipinski definition) is 3. The summed E-state index contributed by atoms with van der Waals surface area (Å²) in [6, 6.07) is 18.6. The molecule has 1 N–H and O–H groups in total. The molecule has 106 valence electrons. The second-order valence-electron chi connectivity index (χ2n) is 5.46. The summed E-state index contributed by atoms with van der Waals surface area (Å²) < 4.78 is 5.37. The lowest BCUT2D eigenvalue weighted by Gasteiger charge is -2.34. The largest absolute Gasteiger partial charge is 0.495 e. The van der Waals surface area contributed by atoms with Gasteiger partial charge in [-0.05, 0) is 36.1 Å². The summed E-state index contributed by atoms with van der Waals surface area (Å²) in [6.45, 7) is 0. The first kappa shape index (κ1) is 13.5. The molecule has 0 heterocycles. The number of hydrogen-bond donors (Lipinski definition) is 1. The topological polar surface area (TPSA) is 45.0 Å². The Balaban J connectivity index is 1.91. The standard InChI is InChI=1S/C18H18N2O/c1-21-17-9-5-4-8-16(17)20-18(13-19)11-10-14-6-2-3-7-15(14)12-18/h2-9,20H,10-12H2,1H3. The number of nitrogens with one attached hydrogen (secondary N) is 1. The molecule has 0 saturated carbocycles. The Morgan fingerprint density at radius 2 is 1.81 bits per heavy atom. The molecular weight excluding hydrogens is 260 g/mol. The maximum Gasteiger partial charge on any atom is 0.141 e. The maximum absolute atomic E-state index is 9.74. The summed E-state index contributed by atoms with van der Waals surface area (Å²) >= 11 is 0. The first-order valence-electron chi connectivity index (χ1n) is 7.15. The summed E-state index contributed by atoms with van der Waals surface area (Å²) in [5.41, 5.74) is 2.92. The van der Waals surface area contributed by atoms with Gasteiger partial charge in [-0.25, -0.2) is 0 Å². The van der Waals surface area contributed by atoms with Gasteiger partial charge < -0.3 is 10.1 Å². The summed E-state index contributed by atoms with van der Waals surface area (Å²) in [4.78, 5) is 0. The second-order valence-corrected chi connectivity index (χ2v) is 5.46. The fraction of sp³-hybridized carbons (Fsp3) is 0.278. The molecule has 1 unspecified atom stereocenters. The van der Waals surface area contributed by atoms with Gasteiger partial charge in [-0.3, -0.25) is 0 Å². The van der Waals surface area contributed by atoms with E-state index in [1.165, 1.54) is 11.1 Å². The molecule has 0 spiro atoms. The molecule has 3 rings (SSSR count). The summed E-state index contributed by atoms with van der Waals surface area (Å²) in [5.74, 6) is 0.769. The molecule has 2 aromatic rings. The lowest BCUT2D eigenvalue weighted by Crippen LogP contribution is -2.42. The van der Waals surface area contributed by atoms with Crippen LogP contribution in [0.15, 0.2) is 48.5 Å². The molecular formula is C18H18N2O. The van der Waals surface area contributed by atoms with E-state index >= 15 is 0 Å². The summed E-state index contributed by atoms with van der Waals surface area (Å²) in [6.07, 6.45) is 2.45. The van der Waals surface area contributed by atoms with Gasteiger partial charge in [-0.15, -0.1) is 0 Å². The summed E-state index contributed by atoms with van der Waals surface area (Å²) in [7, 11) is 1.65. The molecule has 0 fully saturated rings. The van der Waals surface area contributed by atoms with E-state index in [0.717, 1.165) is 30.7 Å². The third-order valence-electron chi connectivity index (χ3n) is 4.13. The van der Waals surface area contributed by atoms with Crippen LogP contribution in [0.5, 0.6) is 5.75 Å². The number of para-hydroxylation sites is 2. The van der Waals surface area contributed by atoms with E-state index in [-0.39, 0.29) is 0 Å². The Labute approximate surface area is 125 Å². The SMILES string of the molecule is COc1ccccc1NC1(C#N)CCc2ccccc2C1. The van der Waals surface area contributed by atoms with Crippen LogP contribution in [0.3, 0.4) is 0 Å². The minimum atomic E-state index is -0.566. The normalized spacial score (nSPS) is 20.2. The Hall–Kier alpha value is -2.47. The van der Waals surface area contributed by atoms with Crippen LogP contribution >= 0.6 is 0 Å². The lowest BCUT2D eigenvalue weighted by molar-refractivity contribution is 0.413. The molecule has 21 heavy (non-hydrogen) atoms. The molecule has 1 atom stereocenters. The highest BCUT2D eigenvalue weighted by molar-refractivity contribution is 5.59. The van der Waals surface area contributed by atoms with Gasteiger partial charge in [0, 0.05) is 6.42 Å². The number of benzene rings is 2. The van der Waals surface area contributed by atoms with E-state index in [1.54, 1.807) is 7.11 Å². The molecule has 0 aromatic heterocycles. The van der Waals surface area contributed by atoms with Crippen molar-refractivity contribution in [2.75, 3.05) is 12.4 Å². The molecule has 1 aliphatic rings. The van der Waals surface area contributed by atoms with Crippen molar-refractivity contribution in [3.8, 4) is 11.8 Å². The highest BCUT2D eigenvalue weighted by Gasteiger charge is 2.35. The number of methoxy groups -OCH3 is 1. The fourth-order valence-electron chi connectivity index (χ4n) is 2.97. The monoisotopic (exact) mass is 278 g/mol. The Bertz CT molecular complexity index is 690. The van der Waals surface area contributed by atoms with Crippen LogP contribution in [0, 0.1) is 11.3 Å². The highest BCUT2D eigenvalue weighted by Crippen LogP contribution is 2.34. The van der Waals surface area contributed by atoms with Crippen LogP contribution in [0.2, 0.25) is 0 Å². The zero-order valence-electron chi connectivity index (χ0n) is 12.1. The van der Waals surface area contributed by atoms with E-state index in [9.17, 15) is 5.26 Å². The highest BCUT2D eigenvalue weighted by atomic mass is 16.5. The van der Waals surface area contributed by atoms with Crippen LogP contribution in [0.4, 0.5) is 5.69 Å². The first-order chi connectivity index (χ1) is 10.3. The van der Waals surface area contributed by atoms with Gasteiger partial charge >= 0.3 is 0 Å². The van der Waals surface area contributed by atoms with Gasteiger partial charge in [0.15, 0.2) is 0 Å². The van der Waals surface area contributed by atoms with Crippen molar-refractivity contribution in [1.82, 2.24) is 0 Å². The molecule has 3 heteroatoms. The molecule has 0 radical (unpaired) electrons. The smallest absolute Gasteiger partial charge is 0.141 e. The molecule has 0 aliphatic heterocycles. The van der Waals surface area contributed by atoms with Crippen LogP contribution in [-0.2, 0) is 12.8 Å². The first-order valence-corrected chi connectivity index (χ1v) is 7.15. The predicted octanol–water partition coefficient (Wildman–Crippen LogP) is 3.56. The number of aryl methyl sites for hydroxylation is 1. The van der Waals surface area contributed by atoms with Gasteiger partial charge in [0.2, 0.25) is 0 Å². The number of ether oxygens (including phenoxy) is 1. The average Bonchev–Trinajstić information content (AvgIpc) is 2.55. The number of anilines is 1. The quantitative estimate of drug-likeness (QED) is 0.933. The molecule has 0 bridgehead atoms. The molecule has 3 nitrogen and oxygen atoms in total.